The molecular weight excluding hydrogens is 240 g/mol. The van der Waals surface area contributed by atoms with Crippen molar-refractivity contribution in [3.8, 4) is 5.75 Å². The van der Waals surface area contributed by atoms with Gasteiger partial charge in [-0.2, -0.15) is 0 Å². The van der Waals surface area contributed by atoms with E-state index in [2.05, 4.69) is 0 Å². The second kappa shape index (κ2) is 7.24. The third-order valence-corrected chi connectivity index (χ3v) is 1.99. The molecule has 0 aliphatic carbocycles. The Labute approximate surface area is 97.8 Å². The molecule has 0 spiro atoms. The molecule has 16 heavy (non-hydrogen) atoms. The van der Waals surface area contributed by atoms with Gasteiger partial charge in [0.2, 0.25) is 0 Å². The summed E-state index contributed by atoms with van der Waals surface area (Å²) >= 11 is 5.66. The highest BCUT2D eigenvalue weighted by molar-refractivity contribution is 6.34. The monoisotopic (exact) mass is 253 g/mol. The number of halogens is 3. The number of ether oxygens (including phenoxy) is 1. The van der Waals surface area contributed by atoms with Crippen LogP contribution >= 0.6 is 11.6 Å². The average Bonchev–Trinajstić information content (AvgIpc) is 2.22. The summed E-state index contributed by atoms with van der Waals surface area (Å²) in [4.78, 5) is 0. The molecule has 0 bridgehead atoms. The highest BCUT2D eigenvalue weighted by Gasteiger charge is 2.17. The first-order chi connectivity index (χ1) is 7.49. The molecule has 6 heteroatoms. The Hall–Kier alpha value is -1.07. The smallest absolute Gasteiger partial charge is 0.267 e. The van der Waals surface area contributed by atoms with Gasteiger partial charge >= 0.3 is 0 Å². The molecule has 3 nitrogen and oxygen atoms in total. The van der Waals surface area contributed by atoms with E-state index in [-0.39, 0.29) is 28.6 Å². The van der Waals surface area contributed by atoms with E-state index < -0.39 is 6.43 Å². The first-order valence-corrected chi connectivity index (χ1v) is 4.88. The van der Waals surface area contributed by atoms with Crippen LogP contribution in [0, 0.1) is 0 Å². The Morgan fingerprint density at radius 3 is 2.38 bits per heavy atom. The van der Waals surface area contributed by atoms with E-state index in [9.17, 15) is 8.78 Å². The number of nitrogens with two attached hydrogens (primary N) is 1. The lowest BCUT2D eigenvalue weighted by molar-refractivity contribution is 0.147. The molecule has 0 heterocycles. The van der Waals surface area contributed by atoms with Crippen molar-refractivity contribution in [1.82, 2.24) is 0 Å². The molecule has 0 saturated carbocycles. The number of aliphatic hydroxyl groups is 1. The van der Waals surface area contributed by atoms with Crippen LogP contribution in [0.15, 0.2) is 12.1 Å². The number of nitrogen functional groups attached to an aromatic ring is 1. The quantitative estimate of drug-likeness (QED) is 0.797. The molecule has 0 atom stereocenters. The minimum atomic E-state index is -2.62. The van der Waals surface area contributed by atoms with Gasteiger partial charge in [0.15, 0.2) is 0 Å². The lowest BCUT2D eigenvalue weighted by atomic mass is 10.2. The van der Waals surface area contributed by atoms with E-state index in [1.54, 1.807) is 6.92 Å². The van der Waals surface area contributed by atoms with Crippen molar-refractivity contribution in [2.75, 3.05) is 19.5 Å². The van der Waals surface area contributed by atoms with Crippen molar-refractivity contribution in [2.24, 2.45) is 0 Å². The molecule has 0 unspecified atom stereocenters. The van der Waals surface area contributed by atoms with Crippen molar-refractivity contribution >= 4 is 17.3 Å². The summed E-state index contributed by atoms with van der Waals surface area (Å²) in [5.41, 5.74) is 5.38. The highest BCUT2D eigenvalue weighted by Crippen LogP contribution is 2.38. The predicted molar refractivity (Wildman–Crippen MR) is 60.1 cm³/mol. The van der Waals surface area contributed by atoms with E-state index in [1.807, 2.05) is 0 Å². The maximum Gasteiger partial charge on any atom is 0.267 e. The molecule has 1 rings (SSSR count). The first-order valence-electron chi connectivity index (χ1n) is 4.50. The van der Waals surface area contributed by atoms with Crippen LogP contribution < -0.4 is 10.5 Å². The van der Waals surface area contributed by atoms with Gasteiger partial charge in [-0.25, -0.2) is 8.78 Å². The minimum absolute atomic E-state index is 0.0281. The zero-order valence-electron chi connectivity index (χ0n) is 9.01. The second-order valence-corrected chi connectivity index (χ2v) is 3.09. The van der Waals surface area contributed by atoms with Gasteiger partial charge in [-0.3, -0.25) is 0 Å². The van der Waals surface area contributed by atoms with Gasteiger partial charge in [0.1, 0.15) is 10.8 Å². The topological polar surface area (TPSA) is 55.5 Å². The maximum absolute atomic E-state index is 12.3. The summed E-state index contributed by atoms with van der Waals surface area (Å²) in [7, 11) is 1.27. The molecule has 0 saturated heterocycles. The molecule has 0 aliphatic heterocycles. The summed E-state index contributed by atoms with van der Waals surface area (Å²) < 4.78 is 29.4. The number of anilines is 1. The Morgan fingerprint density at radius 1 is 1.50 bits per heavy atom. The number of alkyl halides is 2. The molecule has 0 amide bonds. The number of methoxy groups -OCH3 is 1. The summed E-state index contributed by atoms with van der Waals surface area (Å²) in [6.45, 7) is 1.93. The van der Waals surface area contributed by atoms with Gasteiger partial charge in [0.05, 0.1) is 18.4 Å². The lowest BCUT2D eigenvalue weighted by Gasteiger charge is -2.10. The largest absolute Gasteiger partial charge is 0.495 e. The van der Waals surface area contributed by atoms with Gasteiger partial charge in [-0.15, -0.1) is 0 Å². The average molecular weight is 254 g/mol. The summed E-state index contributed by atoms with van der Waals surface area (Å²) in [6.07, 6.45) is -2.62. The van der Waals surface area contributed by atoms with Crippen LogP contribution in [0.3, 0.4) is 0 Å². The fourth-order valence-electron chi connectivity index (χ4n) is 0.966. The van der Waals surface area contributed by atoms with E-state index in [0.717, 1.165) is 0 Å². The van der Waals surface area contributed by atoms with E-state index in [4.69, 9.17) is 27.2 Å². The van der Waals surface area contributed by atoms with Crippen molar-refractivity contribution in [1.29, 1.82) is 0 Å². The lowest BCUT2D eigenvalue weighted by Crippen LogP contribution is -1.96. The molecule has 0 aliphatic rings. The molecule has 0 radical (unpaired) electrons. The van der Waals surface area contributed by atoms with Crippen LogP contribution in [0.25, 0.3) is 0 Å². The Kier molecular flexibility index (Phi) is 6.76. The molecule has 1 aromatic carbocycles. The molecule has 0 fully saturated rings. The van der Waals surface area contributed by atoms with Crippen molar-refractivity contribution < 1.29 is 18.6 Å². The molecule has 3 N–H and O–H groups in total. The number of hydrogen-bond acceptors (Lipinski definition) is 3. The van der Waals surface area contributed by atoms with Crippen molar-refractivity contribution in [3.63, 3.8) is 0 Å². The van der Waals surface area contributed by atoms with E-state index >= 15 is 0 Å². The minimum Gasteiger partial charge on any atom is -0.495 e. The van der Waals surface area contributed by atoms with Gasteiger partial charge in [-0.05, 0) is 19.1 Å². The highest BCUT2D eigenvalue weighted by atomic mass is 35.5. The normalized spacial score (nSPS) is 9.69. The number of rotatable bonds is 2. The predicted octanol–water partition coefficient (Wildman–Crippen LogP) is 2.87. The summed E-state index contributed by atoms with van der Waals surface area (Å²) in [6, 6.07) is 2.52. The van der Waals surface area contributed by atoms with E-state index in [1.165, 1.54) is 19.2 Å². The number of aliphatic hydroxyl groups excluding tert-OH is 1. The van der Waals surface area contributed by atoms with Gasteiger partial charge in [-0.1, -0.05) is 11.6 Å². The van der Waals surface area contributed by atoms with Gasteiger partial charge < -0.3 is 15.6 Å². The second-order valence-electron chi connectivity index (χ2n) is 2.71. The molecule has 92 valence electrons. The van der Waals surface area contributed by atoms with Crippen LogP contribution in [0.2, 0.25) is 5.02 Å². The third kappa shape index (κ3) is 3.83. The van der Waals surface area contributed by atoms with Crippen molar-refractivity contribution in [2.45, 2.75) is 13.3 Å². The third-order valence-electron chi connectivity index (χ3n) is 1.60. The zero-order chi connectivity index (χ0) is 12.7. The number of benzene rings is 1. The Morgan fingerprint density at radius 2 is 2.00 bits per heavy atom. The van der Waals surface area contributed by atoms with Crippen LogP contribution in [-0.2, 0) is 0 Å². The van der Waals surface area contributed by atoms with Crippen LogP contribution in [0.4, 0.5) is 14.5 Å². The maximum atomic E-state index is 12.3. The fraction of sp³-hybridized carbons (Fsp3) is 0.400. The SMILES string of the molecule is CCO.COc1c(C(F)F)ccc(N)c1Cl. The Bertz CT molecular complexity index is 335. The van der Waals surface area contributed by atoms with Crippen LogP contribution in [0.5, 0.6) is 5.75 Å². The zero-order valence-corrected chi connectivity index (χ0v) is 9.76. The first kappa shape index (κ1) is 14.9. The number of hydrogen-bond donors (Lipinski definition) is 2. The van der Waals surface area contributed by atoms with E-state index in [0.29, 0.717) is 0 Å². The fourth-order valence-corrected chi connectivity index (χ4v) is 1.21. The Balaban J connectivity index is 0.000000673. The van der Waals surface area contributed by atoms with Crippen LogP contribution in [-0.4, -0.2) is 18.8 Å². The summed E-state index contributed by atoms with van der Waals surface area (Å²) in [5, 5.41) is 7.60. The van der Waals surface area contributed by atoms with Crippen LogP contribution in [0.1, 0.15) is 18.9 Å². The molecular formula is C10H14ClF2NO2. The molecule has 1 aromatic rings. The molecule has 0 aromatic heterocycles. The van der Waals surface area contributed by atoms with Gasteiger partial charge in [0, 0.05) is 6.61 Å². The standard InChI is InChI=1S/C8H8ClF2NO.C2H6O/c1-13-7-4(8(10)11)2-3-5(12)6(7)9;1-2-3/h2-3,8H,12H2,1H3;3H,2H2,1H3. The van der Waals surface area contributed by atoms with Gasteiger partial charge in [0.25, 0.3) is 6.43 Å². The van der Waals surface area contributed by atoms with Crippen molar-refractivity contribution in [3.05, 3.63) is 22.7 Å². The summed E-state index contributed by atoms with van der Waals surface area (Å²) in [5.74, 6) is -0.0586.